The van der Waals surface area contributed by atoms with Crippen molar-refractivity contribution in [3.05, 3.63) is 101 Å². The lowest BCUT2D eigenvalue weighted by atomic mass is 10.1. The van der Waals surface area contributed by atoms with Gasteiger partial charge in [-0.3, -0.25) is 9.48 Å². The molecule has 3 aromatic heterocycles. The molecule has 188 valence electrons. The molecule has 0 aliphatic heterocycles. The molecule has 37 heavy (non-hydrogen) atoms. The monoisotopic (exact) mass is 495 g/mol. The van der Waals surface area contributed by atoms with Gasteiger partial charge >= 0.3 is 0 Å². The molecule has 9 nitrogen and oxygen atoms in total. The van der Waals surface area contributed by atoms with Crippen LogP contribution in [0.15, 0.2) is 67.3 Å². The van der Waals surface area contributed by atoms with Crippen molar-refractivity contribution in [1.82, 2.24) is 29.6 Å². The van der Waals surface area contributed by atoms with Crippen LogP contribution in [0.25, 0.3) is 10.8 Å². The molecule has 0 aliphatic rings. The number of ether oxygens (including phenoxy) is 1. The summed E-state index contributed by atoms with van der Waals surface area (Å²) in [4.78, 5) is 21.5. The number of amides is 1. The van der Waals surface area contributed by atoms with Crippen LogP contribution in [-0.2, 0) is 19.6 Å². The van der Waals surface area contributed by atoms with Gasteiger partial charge in [0.25, 0.3) is 5.91 Å². The van der Waals surface area contributed by atoms with Gasteiger partial charge in [-0.25, -0.2) is 9.97 Å². The Hall–Kier alpha value is -4.66. The lowest BCUT2D eigenvalue weighted by Gasteiger charge is -2.13. The van der Waals surface area contributed by atoms with Gasteiger partial charge in [0.1, 0.15) is 23.1 Å². The molecule has 0 atom stereocenters. The Morgan fingerprint density at radius 3 is 2.46 bits per heavy atom. The zero-order chi connectivity index (χ0) is 25.9. The maximum absolute atomic E-state index is 12.9. The molecule has 3 N–H and O–H groups in total. The SMILES string of the molecule is COc1c(CNC(=O)c2cn(Cc3ccc(Cn4cc(C)cn4)cc3)c(C)n2)ccc2c(N)nccc12. The van der Waals surface area contributed by atoms with Crippen LogP contribution in [-0.4, -0.2) is 37.3 Å². The Kier molecular flexibility index (Phi) is 6.59. The first-order chi connectivity index (χ1) is 17.9. The van der Waals surface area contributed by atoms with E-state index >= 15 is 0 Å². The molecule has 5 aromatic rings. The topological polar surface area (TPSA) is 113 Å². The number of hydrogen-bond acceptors (Lipinski definition) is 6. The molecular formula is C28H29N7O2. The van der Waals surface area contributed by atoms with E-state index in [9.17, 15) is 4.79 Å². The smallest absolute Gasteiger partial charge is 0.271 e. The van der Waals surface area contributed by atoms with Gasteiger partial charge in [-0.05, 0) is 36.6 Å². The van der Waals surface area contributed by atoms with Crippen LogP contribution in [0.2, 0.25) is 0 Å². The summed E-state index contributed by atoms with van der Waals surface area (Å²) in [5.74, 6) is 1.63. The van der Waals surface area contributed by atoms with Crippen molar-refractivity contribution in [2.75, 3.05) is 12.8 Å². The van der Waals surface area contributed by atoms with Crippen molar-refractivity contribution in [2.45, 2.75) is 33.5 Å². The molecule has 0 aliphatic carbocycles. The number of anilines is 1. The minimum absolute atomic E-state index is 0.247. The fourth-order valence-electron chi connectivity index (χ4n) is 4.41. The zero-order valence-corrected chi connectivity index (χ0v) is 21.1. The summed E-state index contributed by atoms with van der Waals surface area (Å²) >= 11 is 0. The normalized spacial score (nSPS) is 11.1. The number of nitrogens with zero attached hydrogens (tertiary/aromatic N) is 5. The molecule has 0 fully saturated rings. The van der Waals surface area contributed by atoms with Crippen LogP contribution in [0.1, 0.15) is 38.6 Å². The number of methoxy groups -OCH3 is 1. The Labute approximate surface area is 214 Å². The molecule has 0 bridgehead atoms. The van der Waals surface area contributed by atoms with Crippen LogP contribution in [0, 0.1) is 13.8 Å². The molecule has 0 spiro atoms. The van der Waals surface area contributed by atoms with E-state index in [2.05, 4.69) is 44.6 Å². The summed E-state index contributed by atoms with van der Waals surface area (Å²) in [5, 5.41) is 8.97. The van der Waals surface area contributed by atoms with Crippen molar-refractivity contribution >= 4 is 22.5 Å². The van der Waals surface area contributed by atoms with E-state index in [4.69, 9.17) is 10.5 Å². The van der Waals surface area contributed by atoms with Gasteiger partial charge in [0.2, 0.25) is 0 Å². The number of carbonyl (C=O) groups excluding carboxylic acids is 1. The highest BCUT2D eigenvalue weighted by Gasteiger charge is 2.15. The molecule has 0 radical (unpaired) electrons. The Morgan fingerprint density at radius 2 is 1.76 bits per heavy atom. The number of pyridine rings is 1. The highest BCUT2D eigenvalue weighted by Crippen LogP contribution is 2.31. The number of aromatic nitrogens is 5. The van der Waals surface area contributed by atoms with Gasteiger partial charge in [0.05, 0.1) is 19.9 Å². The number of nitrogen functional groups attached to an aromatic ring is 1. The number of rotatable bonds is 8. The average Bonchev–Trinajstić information content (AvgIpc) is 3.48. The maximum Gasteiger partial charge on any atom is 0.271 e. The molecule has 3 heterocycles. The van der Waals surface area contributed by atoms with E-state index in [1.807, 2.05) is 53.7 Å². The molecule has 0 saturated carbocycles. The number of hydrogen-bond donors (Lipinski definition) is 2. The largest absolute Gasteiger partial charge is 0.496 e. The van der Waals surface area contributed by atoms with Crippen LogP contribution in [0.4, 0.5) is 5.82 Å². The summed E-state index contributed by atoms with van der Waals surface area (Å²) < 4.78 is 9.53. The molecule has 1 amide bonds. The van der Waals surface area contributed by atoms with Gasteiger partial charge in [-0.1, -0.05) is 36.4 Å². The number of nitrogens with two attached hydrogens (primary N) is 1. The Morgan fingerprint density at radius 1 is 1.00 bits per heavy atom. The third kappa shape index (κ3) is 5.16. The van der Waals surface area contributed by atoms with Crippen molar-refractivity contribution < 1.29 is 9.53 Å². The maximum atomic E-state index is 12.9. The molecule has 0 saturated heterocycles. The van der Waals surface area contributed by atoms with E-state index in [0.717, 1.165) is 39.8 Å². The first-order valence-electron chi connectivity index (χ1n) is 12.0. The molecular weight excluding hydrogens is 466 g/mol. The van der Waals surface area contributed by atoms with Crippen molar-refractivity contribution in [2.24, 2.45) is 0 Å². The first-order valence-corrected chi connectivity index (χ1v) is 12.0. The highest BCUT2D eigenvalue weighted by molar-refractivity contribution is 5.96. The minimum Gasteiger partial charge on any atom is -0.496 e. The van der Waals surface area contributed by atoms with Crippen LogP contribution in [0.3, 0.4) is 0 Å². The van der Waals surface area contributed by atoms with E-state index in [1.54, 1.807) is 19.5 Å². The number of fused-ring (bicyclic) bond motifs is 1. The predicted molar refractivity (Wildman–Crippen MR) is 142 cm³/mol. The second-order valence-electron chi connectivity index (χ2n) is 9.06. The van der Waals surface area contributed by atoms with E-state index < -0.39 is 0 Å². The molecule has 9 heteroatoms. The minimum atomic E-state index is -0.247. The number of nitrogens with one attached hydrogen (secondary N) is 1. The third-order valence-corrected chi connectivity index (χ3v) is 6.34. The first kappa shape index (κ1) is 24.1. The summed E-state index contributed by atoms with van der Waals surface area (Å²) in [6.45, 7) is 5.58. The quantitative estimate of drug-likeness (QED) is 0.338. The fraction of sp³-hybridized carbons (Fsp3) is 0.214. The molecule has 2 aromatic carbocycles. The Bertz CT molecular complexity index is 1570. The third-order valence-electron chi connectivity index (χ3n) is 6.34. The van der Waals surface area contributed by atoms with Crippen molar-refractivity contribution in [1.29, 1.82) is 0 Å². The number of imidazole rings is 1. The second kappa shape index (κ2) is 10.1. The summed E-state index contributed by atoms with van der Waals surface area (Å²) in [6.07, 6.45) is 7.32. The van der Waals surface area contributed by atoms with Crippen LogP contribution in [0.5, 0.6) is 5.75 Å². The van der Waals surface area contributed by atoms with Gasteiger partial charge < -0.3 is 20.4 Å². The van der Waals surface area contributed by atoms with E-state index in [-0.39, 0.29) is 5.91 Å². The Balaban J connectivity index is 1.24. The van der Waals surface area contributed by atoms with Crippen LogP contribution >= 0.6 is 0 Å². The predicted octanol–water partition coefficient (Wildman–Crippen LogP) is 3.86. The van der Waals surface area contributed by atoms with Crippen molar-refractivity contribution in [3.8, 4) is 5.75 Å². The lowest BCUT2D eigenvalue weighted by molar-refractivity contribution is 0.0946. The molecule has 0 unspecified atom stereocenters. The lowest BCUT2D eigenvalue weighted by Crippen LogP contribution is -2.23. The second-order valence-corrected chi connectivity index (χ2v) is 9.06. The van der Waals surface area contributed by atoms with E-state index in [0.29, 0.717) is 30.4 Å². The van der Waals surface area contributed by atoms with Gasteiger partial charge in [-0.15, -0.1) is 0 Å². The zero-order valence-electron chi connectivity index (χ0n) is 21.1. The van der Waals surface area contributed by atoms with Gasteiger partial charge in [-0.2, -0.15) is 5.10 Å². The summed E-state index contributed by atoms with van der Waals surface area (Å²) in [5.41, 5.74) is 10.7. The molecule has 5 rings (SSSR count). The van der Waals surface area contributed by atoms with Crippen LogP contribution < -0.4 is 15.8 Å². The van der Waals surface area contributed by atoms with Crippen molar-refractivity contribution in [3.63, 3.8) is 0 Å². The standard InChI is InChI=1S/C28H29N7O2/c1-18-12-32-35(14-18)16-21-6-4-20(5-7-21)15-34-17-25(33-19(34)2)28(36)31-13-22-8-9-24-23(26(22)37-3)10-11-30-27(24)29/h4-12,14,17H,13,15-16H2,1-3H3,(H2,29,30)(H,31,36). The fourth-order valence-corrected chi connectivity index (χ4v) is 4.41. The summed E-state index contributed by atoms with van der Waals surface area (Å²) in [6, 6.07) is 14.0. The number of benzene rings is 2. The number of aryl methyl sites for hydroxylation is 2. The van der Waals surface area contributed by atoms with Gasteiger partial charge in [0, 0.05) is 48.0 Å². The average molecular weight is 496 g/mol. The van der Waals surface area contributed by atoms with E-state index in [1.165, 1.54) is 5.56 Å². The number of carbonyl (C=O) groups is 1. The highest BCUT2D eigenvalue weighted by atomic mass is 16.5. The summed E-state index contributed by atoms with van der Waals surface area (Å²) in [7, 11) is 1.60. The van der Waals surface area contributed by atoms with Gasteiger partial charge in [0.15, 0.2) is 0 Å².